The summed E-state index contributed by atoms with van der Waals surface area (Å²) in [6.07, 6.45) is 18.7. The monoisotopic (exact) mass is 384 g/mol. The molecule has 2 unspecified atom stereocenters. The Morgan fingerprint density at radius 3 is 2.46 bits per heavy atom. The highest BCUT2D eigenvalue weighted by Crippen LogP contribution is 2.23. The topological polar surface area (TPSA) is 34.1 Å². The van der Waals surface area contributed by atoms with Crippen LogP contribution in [0.15, 0.2) is 66.2 Å². The molecule has 0 amide bonds. The van der Waals surface area contributed by atoms with Gasteiger partial charge in [-0.3, -0.25) is 4.99 Å². The largest absolute Gasteiger partial charge is 0.498 e. The van der Waals surface area contributed by atoms with Gasteiger partial charge in [0.1, 0.15) is 11.5 Å². The Balaban J connectivity index is 1.93. The van der Waals surface area contributed by atoms with Crippen molar-refractivity contribution in [2.24, 2.45) is 10.9 Å². The van der Waals surface area contributed by atoms with Crippen LogP contribution in [-0.2, 0) is 9.47 Å². The minimum atomic E-state index is 0.0834. The van der Waals surface area contributed by atoms with Crippen molar-refractivity contribution in [3.63, 3.8) is 0 Å². The third kappa shape index (κ3) is 7.06. The first-order valence-electron chi connectivity index (χ1n) is 10.5. The van der Waals surface area contributed by atoms with E-state index in [0.717, 1.165) is 75.5 Å². The van der Waals surface area contributed by atoms with E-state index in [1.807, 2.05) is 18.2 Å². The molecule has 0 aromatic heterocycles. The van der Waals surface area contributed by atoms with E-state index >= 15 is 0 Å². The molecule has 154 valence electrons. The number of ether oxygens (including phenoxy) is 2. The van der Waals surface area contributed by atoms with Gasteiger partial charge < -0.3 is 14.4 Å². The summed E-state index contributed by atoms with van der Waals surface area (Å²) in [4.78, 5) is 6.97. The molecule has 0 fully saturated rings. The van der Waals surface area contributed by atoms with E-state index in [0.29, 0.717) is 5.92 Å². The SMILES string of the molecule is C=CCCCCOC1=CC(C2=NCC(C)C(OCCCCC=C)=C2)N(C)C=C1. The standard InChI is InChI=1S/C24H36N2O2/c1-5-7-9-11-15-27-21-13-14-26(4)23(17-21)22-18-24(20(3)19-25-22)28-16-12-10-8-6-2/h5-6,13-14,17-18,20,23H,1-2,7-12,15-16,19H2,3-4H3. The second-order valence-electron chi connectivity index (χ2n) is 7.47. The molecule has 2 rings (SSSR count). The lowest BCUT2D eigenvalue weighted by Gasteiger charge is -2.31. The van der Waals surface area contributed by atoms with Crippen LogP contribution < -0.4 is 0 Å². The molecule has 4 nitrogen and oxygen atoms in total. The van der Waals surface area contributed by atoms with Crippen molar-refractivity contribution in [2.75, 3.05) is 26.8 Å². The Bertz CT molecular complexity index is 631. The Hall–Kier alpha value is -2.23. The van der Waals surface area contributed by atoms with Crippen LogP contribution in [0.25, 0.3) is 0 Å². The van der Waals surface area contributed by atoms with Gasteiger partial charge in [0.25, 0.3) is 0 Å². The van der Waals surface area contributed by atoms with E-state index < -0.39 is 0 Å². The Kier molecular flexibility index (Phi) is 9.67. The van der Waals surface area contributed by atoms with Gasteiger partial charge in [0.15, 0.2) is 0 Å². The summed E-state index contributed by atoms with van der Waals surface area (Å²) in [6.45, 7) is 12.0. The van der Waals surface area contributed by atoms with Crippen LogP contribution in [0.3, 0.4) is 0 Å². The van der Waals surface area contributed by atoms with Gasteiger partial charge >= 0.3 is 0 Å². The number of hydrogen-bond acceptors (Lipinski definition) is 4. The van der Waals surface area contributed by atoms with E-state index in [-0.39, 0.29) is 6.04 Å². The van der Waals surface area contributed by atoms with Crippen LogP contribution in [0.2, 0.25) is 0 Å². The first kappa shape index (κ1) is 22.1. The molecule has 0 radical (unpaired) electrons. The molecule has 0 bridgehead atoms. The molecule has 2 aliphatic rings. The fourth-order valence-electron chi connectivity index (χ4n) is 3.19. The third-order valence-corrected chi connectivity index (χ3v) is 5.00. The van der Waals surface area contributed by atoms with Crippen LogP contribution in [0.5, 0.6) is 0 Å². The first-order chi connectivity index (χ1) is 13.7. The van der Waals surface area contributed by atoms with Gasteiger partial charge in [-0.1, -0.05) is 19.1 Å². The van der Waals surface area contributed by atoms with Gasteiger partial charge in [0.2, 0.25) is 0 Å². The quantitative estimate of drug-likeness (QED) is 0.314. The summed E-state index contributed by atoms with van der Waals surface area (Å²) in [5.41, 5.74) is 1.04. The molecule has 0 aromatic rings. The summed E-state index contributed by atoms with van der Waals surface area (Å²) in [7, 11) is 2.07. The van der Waals surface area contributed by atoms with E-state index in [4.69, 9.17) is 14.5 Å². The number of unbranched alkanes of at least 4 members (excludes halogenated alkanes) is 4. The molecule has 0 spiro atoms. The summed E-state index contributed by atoms with van der Waals surface area (Å²) in [5.74, 6) is 2.30. The zero-order chi connectivity index (χ0) is 20.2. The average Bonchev–Trinajstić information content (AvgIpc) is 2.70. The number of rotatable bonds is 13. The molecule has 2 aliphatic heterocycles. The van der Waals surface area contributed by atoms with E-state index in [1.165, 1.54) is 0 Å². The molecule has 0 saturated carbocycles. The second-order valence-corrected chi connectivity index (χ2v) is 7.47. The fraction of sp³-hybridized carbons (Fsp3) is 0.542. The second kappa shape index (κ2) is 12.3. The Morgan fingerprint density at radius 2 is 1.79 bits per heavy atom. The van der Waals surface area contributed by atoms with Crippen molar-refractivity contribution in [2.45, 2.75) is 51.5 Å². The Labute approximate surface area is 171 Å². The number of allylic oxidation sites excluding steroid dienone is 3. The van der Waals surface area contributed by atoms with Crippen LogP contribution in [0, 0.1) is 5.92 Å². The molecule has 2 atom stereocenters. The molecular formula is C24H36N2O2. The lowest BCUT2D eigenvalue weighted by molar-refractivity contribution is 0.176. The lowest BCUT2D eigenvalue weighted by atomic mass is 9.99. The van der Waals surface area contributed by atoms with Crippen molar-refractivity contribution in [1.29, 1.82) is 0 Å². The lowest BCUT2D eigenvalue weighted by Crippen LogP contribution is -2.36. The fourth-order valence-corrected chi connectivity index (χ4v) is 3.19. The van der Waals surface area contributed by atoms with Gasteiger partial charge in [0.05, 0.1) is 25.0 Å². The summed E-state index contributed by atoms with van der Waals surface area (Å²) in [6, 6.07) is 0.0834. The number of likely N-dealkylation sites (N-methyl/N-ethyl adjacent to an activating group) is 1. The van der Waals surface area contributed by atoms with Crippen molar-refractivity contribution in [3.05, 3.63) is 61.3 Å². The van der Waals surface area contributed by atoms with Crippen LogP contribution >= 0.6 is 0 Å². The van der Waals surface area contributed by atoms with Gasteiger partial charge in [-0.25, -0.2) is 0 Å². The highest BCUT2D eigenvalue weighted by Gasteiger charge is 2.24. The number of nitrogens with zero attached hydrogens (tertiary/aromatic N) is 2. The summed E-state index contributed by atoms with van der Waals surface area (Å²) < 4.78 is 12.0. The average molecular weight is 385 g/mol. The molecule has 0 aromatic carbocycles. The van der Waals surface area contributed by atoms with Gasteiger partial charge in [-0.05, 0) is 56.8 Å². The predicted molar refractivity (Wildman–Crippen MR) is 118 cm³/mol. The maximum absolute atomic E-state index is 6.08. The minimum Gasteiger partial charge on any atom is -0.498 e. The number of dihydropyridines is 1. The summed E-state index contributed by atoms with van der Waals surface area (Å²) >= 11 is 0. The third-order valence-electron chi connectivity index (χ3n) is 5.00. The van der Waals surface area contributed by atoms with Crippen molar-refractivity contribution >= 4 is 5.71 Å². The number of hydrogen-bond donors (Lipinski definition) is 0. The van der Waals surface area contributed by atoms with Gasteiger partial charge in [-0.2, -0.15) is 0 Å². The first-order valence-corrected chi connectivity index (χ1v) is 10.5. The maximum atomic E-state index is 6.08. The van der Waals surface area contributed by atoms with E-state index in [2.05, 4.69) is 50.4 Å². The maximum Gasteiger partial charge on any atom is 0.119 e. The van der Waals surface area contributed by atoms with Crippen LogP contribution in [0.4, 0.5) is 0 Å². The van der Waals surface area contributed by atoms with Gasteiger partial charge in [-0.15, -0.1) is 13.2 Å². The van der Waals surface area contributed by atoms with Gasteiger partial charge in [0, 0.05) is 25.7 Å². The zero-order valence-electron chi connectivity index (χ0n) is 17.6. The summed E-state index contributed by atoms with van der Waals surface area (Å²) in [5, 5.41) is 0. The van der Waals surface area contributed by atoms with Crippen LogP contribution in [0.1, 0.15) is 45.4 Å². The molecule has 28 heavy (non-hydrogen) atoms. The number of aliphatic imine (C=N–C) groups is 1. The smallest absolute Gasteiger partial charge is 0.119 e. The van der Waals surface area contributed by atoms with E-state index in [9.17, 15) is 0 Å². The highest BCUT2D eigenvalue weighted by atomic mass is 16.5. The van der Waals surface area contributed by atoms with Crippen molar-refractivity contribution in [1.82, 2.24) is 4.90 Å². The Morgan fingerprint density at radius 1 is 1.11 bits per heavy atom. The van der Waals surface area contributed by atoms with Crippen LogP contribution in [-0.4, -0.2) is 43.5 Å². The molecule has 2 heterocycles. The molecule has 4 heteroatoms. The highest BCUT2D eigenvalue weighted by molar-refractivity contribution is 6.01. The molecule has 0 aliphatic carbocycles. The molecular weight excluding hydrogens is 348 g/mol. The zero-order valence-corrected chi connectivity index (χ0v) is 17.6. The predicted octanol–water partition coefficient (Wildman–Crippen LogP) is 5.42. The molecule has 0 saturated heterocycles. The van der Waals surface area contributed by atoms with E-state index in [1.54, 1.807) is 0 Å². The minimum absolute atomic E-state index is 0.0834. The molecule has 0 N–H and O–H groups in total. The normalized spacial score (nSPS) is 21.5. The van der Waals surface area contributed by atoms with Crippen molar-refractivity contribution in [3.8, 4) is 0 Å². The van der Waals surface area contributed by atoms with Crippen molar-refractivity contribution < 1.29 is 9.47 Å².